The monoisotopic (exact) mass is 399 g/mol. The van der Waals surface area contributed by atoms with Gasteiger partial charge in [-0.05, 0) is 24.3 Å². The Morgan fingerprint density at radius 3 is 2.50 bits per heavy atom. The molecule has 2 aliphatic rings. The van der Waals surface area contributed by atoms with E-state index in [1.54, 1.807) is 23.9 Å². The molecule has 0 radical (unpaired) electrons. The Bertz CT molecular complexity index is 838. The summed E-state index contributed by atoms with van der Waals surface area (Å²) in [6.07, 6.45) is -0.148. The molecule has 1 saturated heterocycles. The lowest BCUT2D eigenvalue weighted by Gasteiger charge is -2.33. The van der Waals surface area contributed by atoms with Gasteiger partial charge in [-0.1, -0.05) is 23.4 Å². The summed E-state index contributed by atoms with van der Waals surface area (Å²) in [5.74, 6) is 0.867. The van der Waals surface area contributed by atoms with E-state index in [4.69, 9.17) is 9.57 Å². The van der Waals surface area contributed by atoms with Crippen molar-refractivity contribution in [2.75, 3.05) is 32.1 Å². The molecule has 0 aromatic heterocycles. The number of non-ortho nitro benzene ring substituents is 1. The Morgan fingerprint density at radius 2 is 1.82 bits per heavy atom. The molecule has 0 amide bonds. The minimum atomic E-state index is -0.393. The maximum Gasteiger partial charge on any atom is 0.269 e. The molecular formula is C20H21N3O4S. The molecule has 146 valence electrons. The first-order valence-corrected chi connectivity index (χ1v) is 10.2. The molecule has 7 nitrogen and oxygen atoms in total. The van der Waals surface area contributed by atoms with Crippen LogP contribution < -0.4 is 0 Å². The van der Waals surface area contributed by atoms with Gasteiger partial charge in [-0.3, -0.25) is 15.0 Å². The number of hydrogen-bond acceptors (Lipinski definition) is 7. The second-order valence-electron chi connectivity index (χ2n) is 6.66. The summed E-state index contributed by atoms with van der Waals surface area (Å²) >= 11 is 1.76. The highest BCUT2D eigenvalue weighted by Crippen LogP contribution is 2.32. The van der Waals surface area contributed by atoms with Crippen LogP contribution in [0.5, 0.6) is 0 Å². The average molecular weight is 399 g/mol. The van der Waals surface area contributed by atoms with Crippen LogP contribution in [0.4, 0.5) is 5.69 Å². The van der Waals surface area contributed by atoms with Crippen molar-refractivity contribution in [1.82, 2.24) is 4.90 Å². The lowest BCUT2D eigenvalue weighted by Crippen LogP contribution is -2.48. The third kappa shape index (κ3) is 4.19. The van der Waals surface area contributed by atoms with Gasteiger partial charge in [-0.15, -0.1) is 11.8 Å². The highest BCUT2D eigenvalue weighted by atomic mass is 32.2. The van der Waals surface area contributed by atoms with Crippen molar-refractivity contribution in [2.24, 2.45) is 11.1 Å². The van der Waals surface area contributed by atoms with Crippen LogP contribution in [0.2, 0.25) is 0 Å². The van der Waals surface area contributed by atoms with Crippen LogP contribution in [0.1, 0.15) is 5.56 Å². The normalized spacial score (nSPS) is 22.5. The van der Waals surface area contributed by atoms with Crippen LogP contribution in [0.3, 0.4) is 0 Å². The third-order valence-electron chi connectivity index (χ3n) is 4.91. The zero-order valence-corrected chi connectivity index (χ0v) is 16.1. The summed E-state index contributed by atoms with van der Waals surface area (Å²) in [7, 11) is 0. The predicted molar refractivity (Wildman–Crippen MR) is 108 cm³/mol. The number of nitrogens with zero attached hydrogens (tertiary/aromatic N) is 3. The zero-order chi connectivity index (χ0) is 19.3. The predicted octanol–water partition coefficient (Wildman–Crippen LogP) is 3.40. The maximum absolute atomic E-state index is 10.9. The van der Waals surface area contributed by atoms with Crippen molar-refractivity contribution < 1.29 is 14.5 Å². The summed E-state index contributed by atoms with van der Waals surface area (Å²) in [6.45, 7) is 2.98. The van der Waals surface area contributed by atoms with Gasteiger partial charge in [0.25, 0.3) is 5.69 Å². The van der Waals surface area contributed by atoms with Crippen molar-refractivity contribution in [3.63, 3.8) is 0 Å². The lowest BCUT2D eigenvalue weighted by molar-refractivity contribution is -0.384. The SMILES string of the molecule is O=[N+]([O-])c1ccc(C2=NO[C@H](N3CCOCC3)[C@H]2CSc2ccccc2)cc1. The quantitative estimate of drug-likeness (QED) is 0.421. The van der Waals surface area contributed by atoms with Crippen molar-refractivity contribution in [3.05, 3.63) is 70.3 Å². The Labute approximate surface area is 167 Å². The molecule has 0 bridgehead atoms. The number of benzene rings is 2. The Morgan fingerprint density at radius 1 is 1.11 bits per heavy atom. The fourth-order valence-electron chi connectivity index (χ4n) is 3.42. The van der Waals surface area contributed by atoms with Gasteiger partial charge < -0.3 is 9.57 Å². The third-order valence-corrected chi connectivity index (χ3v) is 6.04. The molecule has 1 fully saturated rings. The molecule has 0 N–H and O–H groups in total. The molecule has 2 aliphatic heterocycles. The fourth-order valence-corrected chi connectivity index (χ4v) is 4.47. The first kappa shape index (κ1) is 18.9. The van der Waals surface area contributed by atoms with E-state index >= 15 is 0 Å². The smallest absolute Gasteiger partial charge is 0.269 e. The number of nitro groups is 1. The molecule has 0 unspecified atom stereocenters. The molecule has 2 aromatic carbocycles. The Balaban J connectivity index is 1.55. The van der Waals surface area contributed by atoms with Gasteiger partial charge in [0.2, 0.25) is 0 Å². The lowest BCUT2D eigenvalue weighted by atomic mass is 9.96. The molecule has 2 heterocycles. The molecule has 28 heavy (non-hydrogen) atoms. The molecule has 0 aliphatic carbocycles. The number of oxime groups is 1. The van der Waals surface area contributed by atoms with Gasteiger partial charge in [-0.2, -0.15) is 0 Å². The van der Waals surface area contributed by atoms with Gasteiger partial charge in [0.05, 0.1) is 29.8 Å². The van der Waals surface area contributed by atoms with Gasteiger partial charge >= 0.3 is 0 Å². The molecule has 0 saturated carbocycles. The molecule has 2 atom stereocenters. The van der Waals surface area contributed by atoms with E-state index in [1.807, 2.05) is 18.2 Å². The standard InChI is InChI=1S/C20H21N3O4S/c24-23(25)16-8-6-15(7-9-16)19-18(14-28-17-4-2-1-3-5-17)20(27-21-19)22-10-12-26-13-11-22/h1-9,18,20H,10-14H2/t18-,20-/m0/s1. The van der Waals surface area contributed by atoms with E-state index < -0.39 is 4.92 Å². The Kier molecular flexibility index (Phi) is 5.90. The molecule has 0 spiro atoms. The van der Waals surface area contributed by atoms with Gasteiger partial charge in [-0.25, -0.2) is 0 Å². The van der Waals surface area contributed by atoms with Crippen molar-refractivity contribution >= 4 is 23.2 Å². The molecular weight excluding hydrogens is 378 g/mol. The number of hydrogen-bond donors (Lipinski definition) is 0. The van der Waals surface area contributed by atoms with E-state index in [0.717, 1.165) is 30.1 Å². The van der Waals surface area contributed by atoms with Crippen LogP contribution in [-0.4, -0.2) is 53.8 Å². The van der Waals surface area contributed by atoms with Gasteiger partial charge in [0.1, 0.15) is 0 Å². The molecule has 2 aromatic rings. The minimum absolute atomic E-state index is 0.0600. The molecule has 4 rings (SSSR count). The summed E-state index contributed by atoms with van der Waals surface area (Å²) in [5.41, 5.74) is 1.78. The van der Waals surface area contributed by atoms with Crippen molar-refractivity contribution in [2.45, 2.75) is 11.1 Å². The van der Waals surface area contributed by atoms with E-state index in [-0.39, 0.29) is 17.8 Å². The first-order valence-electron chi connectivity index (χ1n) is 9.20. The number of nitro benzene ring substituents is 1. The zero-order valence-electron chi connectivity index (χ0n) is 15.3. The van der Waals surface area contributed by atoms with Crippen LogP contribution in [0.15, 0.2) is 64.6 Å². The minimum Gasteiger partial charge on any atom is -0.379 e. The van der Waals surface area contributed by atoms with Crippen LogP contribution in [0, 0.1) is 16.0 Å². The maximum atomic E-state index is 10.9. The number of thioether (sulfide) groups is 1. The first-order chi connectivity index (χ1) is 13.7. The number of rotatable bonds is 6. The summed E-state index contributed by atoms with van der Waals surface area (Å²) in [4.78, 5) is 19.9. The second-order valence-corrected chi connectivity index (χ2v) is 7.75. The summed E-state index contributed by atoms with van der Waals surface area (Å²) in [5, 5.41) is 15.3. The van der Waals surface area contributed by atoms with E-state index in [1.165, 1.54) is 17.0 Å². The summed E-state index contributed by atoms with van der Waals surface area (Å²) < 4.78 is 5.47. The Hall–Kier alpha value is -2.42. The van der Waals surface area contributed by atoms with Crippen LogP contribution >= 0.6 is 11.8 Å². The fraction of sp³-hybridized carbons (Fsp3) is 0.350. The summed E-state index contributed by atoms with van der Waals surface area (Å²) in [6, 6.07) is 16.8. The largest absolute Gasteiger partial charge is 0.379 e. The van der Waals surface area contributed by atoms with E-state index in [0.29, 0.717) is 13.2 Å². The van der Waals surface area contributed by atoms with Crippen molar-refractivity contribution in [3.8, 4) is 0 Å². The van der Waals surface area contributed by atoms with Crippen LogP contribution in [-0.2, 0) is 9.57 Å². The topological polar surface area (TPSA) is 77.2 Å². The van der Waals surface area contributed by atoms with E-state index in [2.05, 4.69) is 22.2 Å². The number of morpholine rings is 1. The highest BCUT2D eigenvalue weighted by molar-refractivity contribution is 7.99. The van der Waals surface area contributed by atoms with Crippen molar-refractivity contribution in [1.29, 1.82) is 0 Å². The second kappa shape index (κ2) is 8.72. The molecule has 8 heteroatoms. The van der Waals surface area contributed by atoms with Gasteiger partial charge in [0.15, 0.2) is 6.23 Å². The highest BCUT2D eigenvalue weighted by Gasteiger charge is 2.39. The van der Waals surface area contributed by atoms with E-state index in [9.17, 15) is 10.1 Å². The average Bonchev–Trinajstić information content (AvgIpc) is 3.17. The van der Waals surface area contributed by atoms with Crippen LogP contribution in [0.25, 0.3) is 0 Å². The van der Waals surface area contributed by atoms with Gasteiger partial charge in [0, 0.05) is 41.4 Å². The number of ether oxygens (including phenoxy) is 1.